The van der Waals surface area contributed by atoms with Gasteiger partial charge in [0.05, 0.1) is 6.61 Å². The van der Waals surface area contributed by atoms with Crippen LogP contribution in [0.3, 0.4) is 0 Å². The van der Waals surface area contributed by atoms with Gasteiger partial charge >= 0.3 is 0 Å². The summed E-state index contributed by atoms with van der Waals surface area (Å²) in [6.07, 6.45) is -5.45. The van der Waals surface area contributed by atoms with Crippen molar-refractivity contribution in [3.05, 3.63) is 35.9 Å². The molecule has 0 radical (unpaired) electrons. The van der Waals surface area contributed by atoms with Crippen molar-refractivity contribution < 1.29 is 30.0 Å². The Kier molecular flexibility index (Phi) is 4.69. The fourth-order valence-electron chi connectivity index (χ4n) is 2.08. The van der Waals surface area contributed by atoms with Gasteiger partial charge in [-0.1, -0.05) is 18.2 Å². The van der Waals surface area contributed by atoms with E-state index in [0.29, 0.717) is 5.56 Å². The van der Waals surface area contributed by atoms with Gasteiger partial charge in [-0.25, -0.2) is 0 Å². The van der Waals surface area contributed by atoms with Gasteiger partial charge in [-0.3, -0.25) is 4.79 Å². The Bertz CT molecular complexity index is 453. The molecular formula is C13H17NO6. The third-order valence-corrected chi connectivity index (χ3v) is 3.23. The Morgan fingerprint density at radius 2 is 1.80 bits per heavy atom. The van der Waals surface area contributed by atoms with Crippen LogP contribution in [0.25, 0.3) is 0 Å². The molecule has 5 N–H and O–H groups in total. The van der Waals surface area contributed by atoms with Crippen LogP contribution in [0.4, 0.5) is 0 Å². The third kappa shape index (κ3) is 2.97. The zero-order valence-corrected chi connectivity index (χ0v) is 10.6. The number of rotatable bonds is 3. The molecular weight excluding hydrogens is 266 g/mol. The van der Waals surface area contributed by atoms with E-state index in [9.17, 15) is 20.1 Å². The second-order valence-corrected chi connectivity index (χ2v) is 4.59. The third-order valence-electron chi connectivity index (χ3n) is 3.23. The molecule has 0 saturated carbocycles. The molecule has 0 spiro atoms. The standard InChI is InChI=1S/C13H17NO6/c15-6-8-10(16)11(17)9(13(19)20-8)14-12(18)7-4-2-1-3-5-7/h1-5,8-11,13,15-17,19H,6H2,(H,14,18)/t8-,9-,10-,11-,13+/m1/s1. The van der Waals surface area contributed by atoms with Crippen molar-refractivity contribution in [3.63, 3.8) is 0 Å². The lowest BCUT2D eigenvalue weighted by molar-refractivity contribution is -0.252. The van der Waals surface area contributed by atoms with Gasteiger partial charge in [0.1, 0.15) is 24.4 Å². The van der Waals surface area contributed by atoms with Crippen LogP contribution < -0.4 is 5.32 Å². The highest BCUT2D eigenvalue weighted by atomic mass is 16.6. The van der Waals surface area contributed by atoms with Gasteiger partial charge in [0.15, 0.2) is 6.29 Å². The summed E-state index contributed by atoms with van der Waals surface area (Å²) < 4.78 is 4.95. The summed E-state index contributed by atoms with van der Waals surface area (Å²) in [5.74, 6) is -0.507. The predicted octanol–water partition coefficient (Wildman–Crippen LogP) is -1.78. The Morgan fingerprint density at radius 1 is 1.15 bits per heavy atom. The van der Waals surface area contributed by atoms with E-state index in [0.717, 1.165) is 0 Å². The van der Waals surface area contributed by atoms with Crippen molar-refractivity contribution in [2.45, 2.75) is 30.6 Å². The summed E-state index contributed by atoms with van der Waals surface area (Å²) in [6.45, 7) is -0.547. The van der Waals surface area contributed by atoms with Gasteiger partial charge in [-0.05, 0) is 12.1 Å². The largest absolute Gasteiger partial charge is 0.394 e. The fraction of sp³-hybridized carbons (Fsp3) is 0.462. The molecule has 7 nitrogen and oxygen atoms in total. The number of carbonyl (C=O) groups is 1. The maximum atomic E-state index is 11.9. The summed E-state index contributed by atoms with van der Waals surface area (Å²) in [5.41, 5.74) is 0.352. The van der Waals surface area contributed by atoms with E-state index in [1.165, 1.54) is 0 Å². The van der Waals surface area contributed by atoms with Crippen molar-refractivity contribution in [1.29, 1.82) is 0 Å². The van der Waals surface area contributed by atoms with Crippen molar-refractivity contribution in [2.24, 2.45) is 0 Å². The van der Waals surface area contributed by atoms with Gasteiger partial charge in [0.2, 0.25) is 0 Å². The number of ether oxygens (including phenoxy) is 1. The first-order chi connectivity index (χ1) is 9.54. The number of nitrogens with one attached hydrogen (secondary N) is 1. The lowest BCUT2D eigenvalue weighted by Crippen LogP contribution is -2.64. The number of carbonyl (C=O) groups excluding carboxylic acids is 1. The van der Waals surface area contributed by atoms with E-state index >= 15 is 0 Å². The smallest absolute Gasteiger partial charge is 0.251 e. The number of hydrogen-bond donors (Lipinski definition) is 5. The number of amides is 1. The van der Waals surface area contributed by atoms with E-state index in [1.54, 1.807) is 30.3 Å². The molecule has 1 amide bonds. The molecule has 0 bridgehead atoms. The molecule has 0 unspecified atom stereocenters. The first kappa shape index (κ1) is 14.9. The zero-order valence-electron chi connectivity index (χ0n) is 10.6. The molecule has 7 heteroatoms. The molecule has 1 aromatic carbocycles. The molecule has 0 aromatic heterocycles. The number of aliphatic hydroxyl groups is 4. The highest BCUT2D eigenvalue weighted by molar-refractivity contribution is 5.94. The second-order valence-electron chi connectivity index (χ2n) is 4.59. The molecule has 5 atom stereocenters. The van der Waals surface area contributed by atoms with Crippen molar-refractivity contribution >= 4 is 5.91 Å². The summed E-state index contributed by atoms with van der Waals surface area (Å²) in [4.78, 5) is 11.9. The molecule has 1 aliphatic heterocycles. The van der Waals surface area contributed by atoms with E-state index in [1.807, 2.05) is 0 Å². The van der Waals surface area contributed by atoms with Gasteiger partial charge in [-0.15, -0.1) is 0 Å². The minimum Gasteiger partial charge on any atom is -0.394 e. The minimum atomic E-state index is -1.52. The maximum Gasteiger partial charge on any atom is 0.251 e. The first-order valence-corrected chi connectivity index (χ1v) is 6.21. The Morgan fingerprint density at radius 3 is 2.40 bits per heavy atom. The molecule has 110 valence electrons. The molecule has 1 aliphatic rings. The quantitative estimate of drug-likeness (QED) is 0.447. The number of aliphatic hydroxyl groups excluding tert-OH is 4. The lowest BCUT2D eigenvalue weighted by Gasteiger charge is -2.40. The van der Waals surface area contributed by atoms with Gasteiger partial charge in [0.25, 0.3) is 5.91 Å². The Labute approximate surface area is 115 Å². The SMILES string of the molecule is O=C(N[C@@H]1[C@@H](O)[C@H](O)[C@@H](CO)O[C@@H]1O)c1ccccc1. The van der Waals surface area contributed by atoms with Crippen molar-refractivity contribution in [3.8, 4) is 0 Å². The number of benzene rings is 1. The average molecular weight is 283 g/mol. The number of hydrogen-bond acceptors (Lipinski definition) is 6. The van der Waals surface area contributed by atoms with Crippen LogP contribution in [0.5, 0.6) is 0 Å². The molecule has 1 aromatic rings. The molecule has 2 rings (SSSR count). The van der Waals surface area contributed by atoms with Crippen LogP contribution >= 0.6 is 0 Å². The molecule has 1 heterocycles. The minimum absolute atomic E-state index is 0.352. The van der Waals surface area contributed by atoms with Crippen LogP contribution in [0.15, 0.2) is 30.3 Å². The fourth-order valence-corrected chi connectivity index (χ4v) is 2.08. The lowest BCUT2D eigenvalue weighted by atomic mass is 9.97. The summed E-state index contributed by atoms with van der Waals surface area (Å²) >= 11 is 0. The van der Waals surface area contributed by atoms with E-state index < -0.39 is 43.2 Å². The summed E-state index contributed by atoms with van der Waals surface area (Å²) in [5, 5.41) is 40.7. The van der Waals surface area contributed by atoms with Gasteiger partial charge in [-0.2, -0.15) is 0 Å². The average Bonchev–Trinajstić information content (AvgIpc) is 2.48. The highest BCUT2D eigenvalue weighted by Gasteiger charge is 2.44. The van der Waals surface area contributed by atoms with Crippen molar-refractivity contribution in [2.75, 3.05) is 6.61 Å². The molecule has 1 saturated heterocycles. The monoisotopic (exact) mass is 283 g/mol. The first-order valence-electron chi connectivity index (χ1n) is 6.21. The zero-order chi connectivity index (χ0) is 14.7. The van der Waals surface area contributed by atoms with Gasteiger partial charge < -0.3 is 30.5 Å². The van der Waals surface area contributed by atoms with Crippen LogP contribution in [-0.4, -0.2) is 63.6 Å². The predicted molar refractivity (Wildman–Crippen MR) is 67.7 cm³/mol. The van der Waals surface area contributed by atoms with Crippen LogP contribution in [0.1, 0.15) is 10.4 Å². The maximum absolute atomic E-state index is 11.9. The Hall–Kier alpha value is -1.51. The molecule has 1 fully saturated rings. The van der Waals surface area contributed by atoms with Crippen molar-refractivity contribution in [1.82, 2.24) is 5.32 Å². The second kappa shape index (κ2) is 6.29. The molecule has 20 heavy (non-hydrogen) atoms. The summed E-state index contributed by atoms with van der Waals surface area (Å²) in [7, 11) is 0. The van der Waals surface area contributed by atoms with Crippen LogP contribution in [0, 0.1) is 0 Å². The topological polar surface area (TPSA) is 119 Å². The highest BCUT2D eigenvalue weighted by Crippen LogP contribution is 2.20. The normalized spacial score (nSPS) is 33.7. The summed E-state index contributed by atoms with van der Waals surface area (Å²) in [6, 6.07) is 7.07. The Balaban J connectivity index is 2.07. The van der Waals surface area contributed by atoms with E-state index in [-0.39, 0.29) is 0 Å². The van der Waals surface area contributed by atoms with Crippen LogP contribution in [-0.2, 0) is 4.74 Å². The van der Waals surface area contributed by atoms with E-state index in [4.69, 9.17) is 9.84 Å². The molecule has 0 aliphatic carbocycles. The van der Waals surface area contributed by atoms with Gasteiger partial charge in [0, 0.05) is 5.56 Å². The van der Waals surface area contributed by atoms with Crippen LogP contribution in [0.2, 0.25) is 0 Å². The van der Waals surface area contributed by atoms with E-state index in [2.05, 4.69) is 5.32 Å².